The molecule has 0 aliphatic heterocycles. The Kier molecular flexibility index (Phi) is 6.17. The SMILES string of the molecule is CCn1cc(/C=C(\NC(=O)c2ccccc2F)C(=O)NCc2ccco2)c2ccccc21. The topological polar surface area (TPSA) is 76.3 Å². The van der Waals surface area contributed by atoms with Crippen LogP contribution in [0.4, 0.5) is 4.39 Å². The molecule has 0 atom stereocenters. The molecular weight excluding hydrogens is 409 g/mol. The molecule has 0 bridgehead atoms. The number of furan rings is 1. The zero-order valence-corrected chi connectivity index (χ0v) is 17.5. The molecule has 0 aliphatic rings. The molecule has 0 radical (unpaired) electrons. The largest absolute Gasteiger partial charge is 0.467 e. The van der Waals surface area contributed by atoms with Gasteiger partial charge >= 0.3 is 0 Å². The maximum atomic E-state index is 14.1. The van der Waals surface area contributed by atoms with Crippen LogP contribution in [-0.4, -0.2) is 16.4 Å². The molecule has 162 valence electrons. The molecule has 2 N–H and O–H groups in total. The third-order valence-corrected chi connectivity index (χ3v) is 5.07. The van der Waals surface area contributed by atoms with Crippen LogP contribution in [-0.2, 0) is 17.9 Å². The lowest BCUT2D eigenvalue weighted by atomic mass is 10.1. The van der Waals surface area contributed by atoms with Crippen LogP contribution in [0, 0.1) is 5.82 Å². The Hall–Kier alpha value is -4.13. The minimum absolute atomic E-state index is 0.00353. The fraction of sp³-hybridized carbons (Fsp3) is 0.120. The van der Waals surface area contributed by atoms with Gasteiger partial charge in [-0.1, -0.05) is 30.3 Å². The number of carbonyl (C=O) groups excluding carboxylic acids is 2. The number of para-hydroxylation sites is 1. The maximum absolute atomic E-state index is 14.1. The van der Waals surface area contributed by atoms with Crippen LogP contribution in [0.1, 0.15) is 28.6 Å². The van der Waals surface area contributed by atoms with Gasteiger partial charge in [0.2, 0.25) is 0 Å². The van der Waals surface area contributed by atoms with Gasteiger partial charge in [-0.3, -0.25) is 9.59 Å². The van der Waals surface area contributed by atoms with Crippen molar-refractivity contribution in [3.8, 4) is 0 Å². The summed E-state index contributed by atoms with van der Waals surface area (Å²) in [7, 11) is 0. The molecule has 0 saturated heterocycles. The highest BCUT2D eigenvalue weighted by Gasteiger charge is 2.18. The number of fused-ring (bicyclic) bond motifs is 1. The summed E-state index contributed by atoms with van der Waals surface area (Å²) in [6.07, 6.45) is 5.03. The predicted octanol–water partition coefficient (Wildman–Crippen LogP) is 4.48. The van der Waals surface area contributed by atoms with E-state index in [-0.39, 0.29) is 17.8 Å². The number of nitrogens with zero attached hydrogens (tertiary/aromatic N) is 1. The highest BCUT2D eigenvalue weighted by molar-refractivity contribution is 6.06. The Bertz CT molecular complexity index is 1290. The average molecular weight is 431 g/mol. The van der Waals surface area contributed by atoms with E-state index in [1.807, 2.05) is 37.4 Å². The van der Waals surface area contributed by atoms with E-state index in [0.717, 1.165) is 23.0 Å². The van der Waals surface area contributed by atoms with Gasteiger partial charge in [-0.25, -0.2) is 4.39 Å². The predicted molar refractivity (Wildman–Crippen MR) is 120 cm³/mol. The molecule has 0 unspecified atom stereocenters. The normalized spacial score (nSPS) is 11.5. The number of amides is 2. The lowest BCUT2D eigenvalue weighted by molar-refractivity contribution is -0.118. The van der Waals surface area contributed by atoms with E-state index in [4.69, 9.17) is 4.42 Å². The fourth-order valence-corrected chi connectivity index (χ4v) is 3.48. The average Bonchev–Trinajstić information content (AvgIpc) is 3.45. The van der Waals surface area contributed by atoms with Gasteiger partial charge in [-0.05, 0) is 43.3 Å². The summed E-state index contributed by atoms with van der Waals surface area (Å²) in [5.74, 6) is -1.32. The summed E-state index contributed by atoms with van der Waals surface area (Å²) in [5.41, 5.74) is 1.63. The lowest BCUT2D eigenvalue weighted by Gasteiger charge is -2.11. The number of hydrogen-bond acceptors (Lipinski definition) is 3. The van der Waals surface area contributed by atoms with Crippen LogP contribution >= 0.6 is 0 Å². The number of hydrogen-bond donors (Lipinski definition) is 2. The monoisotopic (exact) mass is 431 g/mol. The summed E-state index contributed by atoms with van der Waals surface area (Å²) in [6.45, 7) is 2.92. The van der Waals surface area contributed by atoms with Crippen molar-refractivity contribution in [2.45, 2.75) is 20.0 Å². The van der Waals surface area contributed by atoms with Crippen molar-refractivity contribution in [1.29, 1.82) is 0 Å². The van der Waals surface area contributed by atoms with Crippen molar-refractivity contribution in [1.82, 2.24) is 15.2 Å². The summed E-state index contributed by atoms with van der Waals surface area (Å²) in [6, 6.07) is 16.9. The van der Waals surface area contributed by atoms with Gasteiger partial charge < -0.3 is 19.6 Å². The number of aryl methyl sites for hydroxylation is 1. The zero-order valence-electron chi connectivity index (χ0n) is 17.5. The van der Waals surface area contributed by atoms with E-state index in [2.05, 4.69) is 15.2 Å². The van der Waals surface area contributed by atoms with Gasteiger partial charge in [0.25, 0.3) is 11.8 Å². The highest BCUT2D eigenvalue weighted by Crippen LogP contribution is 2.23. The van der Waals surface area contributed by atoms with Gasteiger partial charge in [0.1, 0.15) is 17.3 Å². The first-order chi connectivity index (χ1) is 15.6. The quantitative estimate of drug-likeness (QED) is 0.424. The van der Waals surface area contributed by atoms with Gasteiger partial charge in [0, 0.05) is 29.2 Å². The molecule has 2 aromatic carbocycles. The Balaban J connectivity index is 1.69. The molecule has 2 aromatic heterocycles. The Morgan fingerprint density at radius 1 is 1.06 bits per heavy atom. The first kappa shape index (κ1) is 21.1. The third kappa shape index (κ3) is 4.46. The number of halogens is 1. The van der Waals surface area contributed by atoms with Crippen LogP contribution in [0.2, 0.25) is 0 Å². The first-order valence-electron chi connectivity index (χ1n) is 10.2. The molecule has 0 aliphatic carbocycles. The van der Waals surface area contributed by atoms with Crippen molar-refractivity contribution in [3.05, 3.63) is 102 Å². The van der Waals surface area contributed by atoms with Gasteiger partial charge in [0.05, 0.1) is 18.4 Å². The van der Waals surface area contributed by atoms with Crippen molar-refractivity contribution in [2.24, 2.45) is 0 Å². The van der Waals surface area contributed by atoms with Crippen molar-refractivity contribution < 1.29 is 18.4 Å². The van der Waals surface area contributed by atoms with E-state index >= 15 is 0 Å². The Morgan fingerprint density at radius 2 is 1.84 bits per heavy atom. The van der Waals surface area contributed by atoms with Gasteiger partial charge in [-0.2, -0.15) is 0 Å². The summed E-state index contributed by atoms with van der Waals surface area (Å²) >= 11 is 0. The first-order valence-corrected chi connectivity index (χ1v) is 10.2. The molecule has 32 heavy (non-hydrogen) atoms. The van der Waals surface area contributed by atoms with E-state index in [0.29, 0.717) is 5.76 Å². The summed E-state index contributed by atoms with van der Waals surface area (Å²) < 4.78 is 21.4. The van der Waals surface area contributed by atoms with E-state index < -0.39 is 17.6 Å². The maximum Gasteiger partial charge on any atom is 0.268 e. The second-order valence-electron chi connectivity index (χ2n) is 7.14. The summed E-state index contributed by atoms with van der Waals surface area (Å²) in [5, 5.41) is 6.24. The van der Waals surface area contributed by atoms with Crippen LogP contribution in [0.3, 0.4) is 0 Å². The molecule has 0 spiro atoms. The zero-order chi connectivity index (χ0) is 22.5. The minimum Gasteiger partial charge on any atom is -0.467 e. The molecule has 0 saturated carbocycles. The van der Waals surface area contributed by atoms with Crippen LogP contribution in [0.5, 0.6) is 0 Å². The van der Waals surface area contributed by atoms with E-state index in [9.17, 15) is 14.0 Å². The van der Waals surface area contributed by atoms with Crippen LogP contribution < -0.4 is 10.6 Å². The van der Waals surface area contributed by atoms with E-state index in [1.54, 1.807) is 24.3 Å². The number of aromatic nitrogens is 1. The smallest absolute Gasteiger partial charge is 0.268 e. The minimum atomic E-state index is -0.707. The molecule has 4 rings (SSSR count). The van der Waals surface area contributed by atoms with E-state index in [1.165, 1.54) is 24.5 Å². The summed E-state index contributed by atoms with van der Waals surface area (Å²) in [4.78, 5) is 25.7. The van der Waals surface area contributed by atoms with Gasteiger partial charge in [0.15, 0.2) is 0 Å². The third-order valence-electron chi connectivity index (χ3n) is 5.07. The van der Waals surface area contributed by atoms with Gasteiger partial charge in [-0.15, -0.1) is 0 Å². The standard InChI is InChI=1S/C25H22FN3O3/c1-2-29-16-17(19-9-4-6-12-23(19)29)14-22(25(31)27-15-18-8-7-13-32-18)28-24(30)20-10-3-5-11-21(20)26/h3-14,16H,2,15H2,1H3,(H,27,31)(H,28,30)/b22-14-. The molecule has 2 heterocycles. The second-order valence-corrected chi connectivity index (χ2v) is 7.14. The van der Waals surface area contributed by atoms with Crippen LogP contribution in [0.15, 0.2) is 83.2 Å². The number of rotatable bonds is 7. The van der Waals surface area contributed by atoms with Crippen molar-refractivity contribution in [3.63, 3.8) is 0 Å². The molecule has 7 heteroatoms. The number of nitrogens with one attached hydrogen (secondary N) is 2. The fourth-order valence-electron chi connectivity index (χ4n) is 3.48. The molecule has 2 amide bonds. The lowest BCUT2D eigenvalue weighted by Crippen LogP contribution is -2.34. The van der Waals surface area contributed by atoms with Crippen molar-refractivity contribution in [2.75, 3.05) is 0 Å². The van der Waals surface area contributed by atoms with Crippen molar-refractivity contribution >= 4 is 28.8 Å². The molecule has 6 nitrogen and oxygen atoms in total. The molecule has 0 fully saturated rings. The number of benzene rings is 2. The number of carbonyl (C=O) groups is 2. The second kappa shape index (κ2) is 9.34. The van der Waals surface area contributed by atoms with Crippen LogP contribution in [0.25, 0.3) is 17.0 Å². The Morgan fingerprint density at radius 3 is 2.59 bits per heavy atom. The molecular formula is C25H22FN3O3. The molecule has 4 aromatic rings. The Labute approximate surface area is 184 Å². The highest BCUT2D eigenvalue weighted by atomic mass is 19.1.